The van der Waals surface area contributed by atoms with Crippen LogP contribution in [0.25, 0.3) is 39.0 Å². The zero-order chi connectivity index (χ0) is 44.1. The molecule has 0 radical (unpaired) electrons. The van der Waals surface area contributed by atoms with Crippen LogP contribution in [0.15, 0.2) is 226 Å². The summed E-state index contributed by atoms with van der Waals surface area (Å²) in [5.74, 6) is 0.404. The van der Waals surface area contributed by atoms with E-state index in [4.69, 9.17) is 0 Å². The van der Waals surface area contributed by atoms with E-state index in [9.17, 15) is 0 Å². The molecule has 1 unspecified atom stereocenters. The topological polar surface area (TPSA) is 0 Å². The third-order valence-corrected chi connectivity index (χ3v) is 12.1. The van der Waals surface area contributed by atoms with Gasteiger partial charge in [-0.25, -0.2) is 0 Å². The van der Waals surface area contributed by atoms with Crippen molar-refractivity contribution in [3.05, 3.63) is 271 Å². The molecule has 7 aromatic carbocycles. The van der Waals surface area contributed by atoms with Crippen molar-refractivity contribution in [2.45, 2.75) is 65.2 Å². The van der Waals surface area contributed by atoms with Gasteiger partial charge >= 0.3 is 0 Å². The van der Waals surface area contributed by atoms with E-state index in [0.29, 0.717) is 5.92 Å². The highest BCUT2D eigenvalue weighted by Crippen LogP contribution is 2.64. The summed E-state index contributed by atoms with van der Waals surface area (Å²) in [7, 11) is 0. The Morgan fingerprint density at radius 3 is 1.60 bits per heavy atom. The van der Waals surface area contributed by atoms with E-state index >= 15 is 0 Å². The normalized spacial score (nSPS) is 14.0. The molecule has 0 N–H and O–H groups in total. The molecule has 0 saturated heterocycles. The highest BCUT2D eigenvalue weighted by Gasteiger charge is 2.53. The molecule has 1 spiro atoms. The van der Waals surface area contributed by atoms with Gasteiger partial charge in [-0.1, -0.05) is 241 Å². The van der Waals surface area contributed by atoms with Gasteiger partial charge in [0.2, 0.25) is 0 Å². The van der Waals surface area contributed by atoms with Crippen molar-refractivity contribution in [1.82, 2.24) is 0 Å². The van der Waals surface area contributed by atoms with E-state index in [-0.39, 0.29) is 5.41 Å². The van der Waals surface area contributed by atoms with E-state index in [1.807, 2.05) is 45.0 Å². The Labute approximate surface area is 373 Å². The van der Waals surface area contributed by atoms with Gasteiger partial charge in [-0.2, -0.15) is 0 Å². The van der Waals surface area contributed by atoms with Crippen LogP contribution in [-0.4, -0.2) is 0 Å². The summed E-state index contributed by atoms with van der Waals surface area (Å²) in [5.41, 5.74) is 21.2. The number of aryl methyl sites for hydroxylation is 1. The number of rotatable bonds is 6. The van der Waals surface area contributed by atoms with Gasteiger partial charge in [-0.3, -0.25) is 0 Å². The van der Waals surface area contributed by atoms with Gasteiger partial charge in [-0.05, 0) is 110 Å². The molecule has 0 aliphatic heterocycles. The largest absolute Gasteiger partial charge is 0.106 e. The van der Waals surface area contributed by atoms with Gasteiger partial charge < -0.3 is 0 Å². The molecule has 62 heavy (non-hydrogen) atoms. The molecule has 310 valence electrons. The first-order valence-electron chi connectivity index (χ1n) is 22.3. The zero-order valence-electron chi connectivity index (χ0n) is 37.5. The number of allylic oxidation sites excluding steroid dienone is 6. The van der Waals surface area contributed by atoms with Crippen molar-refractivity contribution in [3.63, 3.8) is 0 Å². The van der Waals surface area contributed by atoms with Crippen LogP contribution in [0.3, 0.4) is 0 Å². The fourth-order valence-corrected chi connectivity index (χ4v) is 9.03. The number of fused-ring (bicyclic) bond motifs is 10. The van der Waals surface area contributed by atoms with E-state index in [1.54, 1.807) is 0 Å². The minimum absolute atomic E-state index is 0.226. The third kappa shape index (κ3) is 8.97. The summed E-state index contributed by atoms with van der Waals surface area (Å²) in [5, 5.41) is 0. The van der Waals surface area contributed by atoms with Gasteiger partial charge in [0, 0.05) is 5.92 Å². The predicted octanol–water partition coefficient (Wildman–Crippen LogP) is 17.4. The molecule has 1 atom stereocenters. The summed E-state index contributed by atoms with van der Waals surface area (Å²) in [6, 6.07) is 65.6. The lowest BCUT2D eigenvalue weighted by Crippen LogP contribution is -2.27. The molecular weight excluding hydrogens is 745 g/mol. The van der Waals surface area contributed by atoms with Crippen LogP contribution < -0.4 is 0 Å². The summed E-state index contributed by atoms with van der Waals surface area (Å²) in [6.07, 6.45) is 8.27. The molecule has 10 rings (SSSR count). The Morgan fingerprint density at radius 1 is 0.548 bits per heavy atom. The van der Waals surface area contributed by atoms with Crippen molar-refractivity contribution in [2.75, 3.05) is 0 Å². The Bertz CT molecular complexity index is 2600. The Hall–Kier alpha value is -6.76. The quantitative estimate of drug-likeness (QED) is 0.147. The van der Waals surface area contributed by atoms with Crippen molar-refractivity contribution in [3.8, 4) is 22.3 Å². The van der Waals surface area contributed by atoms with Crippen LogP contribution in [0.2, 0.25) is 0 Å². The average molecular weight is 807 g/mol. The first kappa shape index (κ1) is 44.8. The monoisotopic (exact) mass is 806 g/mol. The molecule has 3 aliphatic carbocycles. The standard InChI is InChI=1S/C33H26.C15H14.C10H12.C2H6.C2H4/c1-2-22-10-9-11-23(20-22)24-18-19-28-27-14-5-8-17-31(27)33(32(28)21-24)29-15-6-3-12-25(29)26-13-4-7-16-30(26)33;1-12(2)13-8-10-15(11-9-13)14-6-4-3-5-7-14;1-3-9(2)10-7-5-4-6-8-10;2*1-2/h3-17,19-21,24H,2,18H2,1H3;3-11H,1H2,2H3;4-8H,2-3H2,1H3;1-2H3;1-2H2. The van der Waals surface area contributed by atoms with Crippen molar-refractivity contribution >= 4 is 16.7 Å². The Morgan fingerprint density at radius 2 is 1.05 bits per heavy atom. The minimum atomic E-state index is -0.226. The predicted molar refractivity (Wildman–Crippen MR) is 272 cm³/mol. The molecule has 0 fully saturated rings. The van der Waals surface area contributed by atoms with E-state index in [2.05, 4.69) is 210 Å². The molecule has 0 nitrogen and oxygen atoms in total. The second-order valence-corrected chi connectivity index (χ2v) is 15.6. The fourth-order valence-electron chi connectivity index (χ4n) is 9.03. The van der Waals surface area contributed by atoms with E-state index in [0.717, 1.165) is 24.8 Å². The van der Waals surface area contributed by atoms with Crippen LogP contribution >= 0.6 is 0 Å². The summed E-state index contributed by atoms with van der Waals surface area (Å²) in [4.78, 5) is 0. The smallest absolute Gasteiger partial charge is 0.0722 e. The van der Waals surface area contributed by atoms with Gasteiger partial charge in [0.1, 0.15) is 0 Å². The first-order valence-corrected chi connectivity index (χ1v) is 22.3. The minimum Gasteiger partial charge on any atom is -0.106 e. The average Bonchev–Trinajstić information content (AvgIpc) is 3.83. The van der Waals surface area contributed by atoms with E-state index < -0.39 is 0 Å². The number of benzene rings is 7. The molecule has 0 aromatic heterocycles. The zero-order valence-corrected chi connectivity index (χ0v) is 37.5. The lowest BCUT2D eigenvalue weighted by Gasteiger charge is -2.33. The maximum absolute atomic E-state index is 3.94. The SMILES string of the molecule is C=C.C=C(C)c1ccc(-c2ccccc2)cc1.C=C(CC)c1ccccc1.CC.CCc1cccc(C2C=C3C(=CC2)c2ccccc2C32c3ccccc3-c3ccccc32)c1. The second kappa shape index (κ2) is 21.2. The maximum atomic E-state index is 3.94. The number of hydrogen-bond acceptors (Lipinski definition) is 0. The molecule has 7 aromatic rings. The summed E-state index contributed by atoms with van der Waals surface area (Å²) in [6.45, 7) is 24.3. The van der Waals surface area contributed by atoms with Gasteiger partial charge in [-0.15, -0.1) is 13.2 Å². The van der Waals surface area contributed by atoms with Crippen molar-refractivity contribution in [2.24, 2.45) is 0 Å². The maximum Gasteiger partial charge on any atom is 0.0722 e. The number of hydrogen-bond donors (Lipinski definition) is 0. The highest BCUT2D eigenvalue weighted by molar-refractivity contribution is 6.00. The van der Waals surface area contributed by atoms with Crippen LogP contribution in [0.1, 0.15) is 97.9 Å². The van der Waals surface area contributed by atoms with Crippen LogP contribution in [0.4, 0.5) is 0 Å². The molecular formula is C62H62. The fraction of sp³-hybridized carbons (Fsp3) is 0.161. The lowest BCUT2D eigenvalue weighted by atomic mass is 9.68. The van der Waals surface area contributed by atoms with Crippen molar-refractivity contribution in [1.29, 1.82) is 0 Å². The molecule has 3 aliphatic rings. The molecule has 0 heterocycles. The third-order valence-electron chi connectivity index (χ3n) is 12.1. The van der Waals surface area contributed by atoms with Crippen molar-refractivity contribution < 1.29 is 0 Å². The molecule has 0 amide bonds. The summed E-state index contributed by atoms with van der Waals surface area (Å²) >= 11 is 0. The second-order valence-electron chi connectivity index (χ2n) is 15.6. The van der Waals surface area contributed by atoms with Gasteiger partial charge in [0.25, 0.3) is 0 Å². The molecule has 0 heteroatoms. The van der Waals surface area contributed by atoms with Gasteiger partial charge in [0.15, 0.2) is 0 Å². The molecule has 0 saturated carbocycles. The van der Waals surface area contributed by atoms with Crippen LogP contribution in [0.5, 0.6) is 0 Å². The lowest BCUT2D eigenvalue weighted by molar-refractivity contribution is 0.758. The van der Waals surface area contributed by atoms with Crippen LogP contribution in [0, 0.1) is 0 Å². The highest BCUT2D eigenvalue weighted by atomic mass is 14.5. The van der Waals surface area contributed by atoms with Crippen LogP contribution in [-0.2, 0) is 11.8 Å². The summed E-state index contributed by atoms with van der Waals surface area (Å²) < 4.78 is 0. The first-order chi connectivity index (χ1) is 30.4. The Kier molecular flexibility index (Phi) is 15.3. The molecule has 0 bridgehead atoms. The Balaban J connectivity index is 0.000000183. The van der Waals surface area contributed by atoms with E-state index in [1.165, 1.54) is 83.5 Å². The van der Waals surface area contributed by atoms with Gasteiger partial charge in [0.05, 0.1) is 5.41 Å².